The summed E-state index contributed by atoms with van der Waals surface area (Å²) in [7, 11) is 0. The number of amides is 1. The fourth-order valence-corrected chi connectivity index (χ4v) is 1.72. The van der Waals surface area contributed by atoms with Crippen LogP contribution in [0, 0.1) is 3.57 Å². The maximum atomic E-state index is 11.3. The molecule has 1 aromatic carbocycles. The normalized spacial score (nSPS) is 9.00. The van der Waals surface area contributed by atoms with E-state index in [4.69, 9.17) is 0 Å². The van der Waals surface area contributed by atoms with Crippen LogP contribution in [0.3, 0.4) is 0 Å². The van der Waals surface area contributed by atoms with Crippen LogP contribution in [-0.2, 0) is 4.79 Å². The Labute approximate surface area is 97.1 Å². The Morgan fingerprint density at radius 1 is 1.57 bits per heavy atom. The molecule has 14 heavy (non-hydrogen) atoms. The van der Waals surface area contributed by atoms with Crippen molar-refractivity contribution in [2.24, 2.45) is 0 Å². The summed E-state index contributed by atoms with van der Waals surface area (Å²) < 4.78 is 1.02. The van der Waals surface area contributed by atoms with Gasteiger partial charge in [0.25, 0.3) is 0 Å². The monoisotopic (exact) mass is 299 g/mol. The fourth-order valence-electron chi connectivity index (χ4n) is 1.07. The first-order valence-corrected chi connectivity index (χ1v) is 5.15. The minimum atomic E-state index is -0.0507. The van der Waals surface area contributed by atoms with E-state index in [1.165, 1.54) is 11.8 Å². The second-order valence-corrected chi connectivity index (χ2v) is 3.84. The first-order valence-electron chi connectivity index (χ1n) is 4.07. The number of carbonyl (C=O) groups is 1. The Morgan fingerprint density at radius 2 is 2.21 bits per heavy atom. The molecule has 2 nitrogen and oxygen atoms in total. The zero-order valence-corrected chi connectivity index (χ0v) is 9.98. The van der Waals surface area contributed by atoms with Crippen molar-refractivity contribution in [1.29, 1.82) is 0 Å². The van der Waals surface area contributed by atoms with Crippen LogP contribution in [0.5, 0.6) is 0 Å². The lowest BCUT2D eigenvalue weighted by molar-refractivity contribution is -0.116. The summed E-state index contributed by atoms with van der Waals surface area (Å²) in [5, 5.41) is 0. The molecule has 0 bridgehead atoms. The summed E-state index contributed by atoms with van der Waals surface area (Å²) in [5.41, 5.74) is 3.46. The zero-order chi connectivity index (χ0) is 10.6. The van der Waals surface area contributed by atoms with Crippen LogP contribution in [0.4, 0.5) is 5.69 Å². The Morgan fingerprint density at radius 3 is 2.71 bits per heavy atom. The highest BCUT2D eigenvalue weighted by Crippen LogP contribution is 2.22. The lowest BCUT2D eigenvalue weighted by Crippen LogP contribution is -2.22. The molecule has 0 saturated carbocycles. The molecule has 3 heteroatoms. The van der Waals surface area contributed by atoms with Gasteiger partial charge in [-0.1, -0.05) is 18.7 Å². The molecule has 0 fully saturated rings. The first kappa shape index (κ1) is 11.0. The number of nitrogens with zero attached hydrogens (tertiary/aromatic N) is 1. The van der Waals surface area contributed by atoms with Crippen LogP contribution >= 0.6 is 22.6 Å². The Balaban J connectivity index is 3.18. The molecule has 1 rings (SSSR count). The molecule has 1 aromatic rings. The maximum absolute atomic E-state index is 11.3. The number of rotatable bonds is 2. The molecular formula is C11H10INO. The largest absolute Gasteiger partial charge is 0.280 e. The van der Waals surface area contributed by atoms with Gasteiger partial charge >= 0.3 is 0 Å². The van der Waals surface area contributed by atoms with Gasteiger partial charge in [-0.05, 0) is 34.7 Å². The summed E-state index contributed by atoms with van der Waals surface area (Å²) in [6.45, 7) is 4.97. The summed E-state index contributed by atoms with van der Waals surface area (Å²) in [4.78, 5) is 12.8. The summed E-state index contributed by atoms with van der Waals surface area (Å²) in [6, 6.07) is 7.66. The molecule has 0 radical (unpaired) electrons. The van der Waals surface area contributed by atoms with Crippen molar-refractivity contribution in [2.75, 3.05) is 4.90 Å². The third-order valence-corrected chi connectivity index (χ3v) is 2.58. The van der Waals surface area contributed by atoms with E-state index in [1.807, 2.05) is 24.3 Å². The SMILES string of the molecule is C=C=CN(C(C)=O)c1ccccc1I. The van der Waals surface area contributed by atoms with Crippen molar-refractivity contribution in [3.8, 4) is 0 Å². The molecule has 72 valence electrons. The molecule has 1 amide bonds. The second-order valence-electron chi connectivity index (χ2n) is 2.67. The van der Waals surface area contributed by atoms with Gasteiger partial charge in [0.15, 0.2) is 0 Å². The molecule has 0 aliphatic rings. The van der Waals surface area contributed by atoms with Crippen molar-refractivity contribution in [3.63, 3.8) is 0 Å². The predicted molar refractivity (Wildman–Crippen MR) is 66.0 cm³/mol. The highest BCUT2D eigenvalue weighted by molar-refractivity contribution is 14.1. The van der Waals surface area contributed by atoms with Crippen molar-refractivity contribution < 1.29 is 4.79 Å². The van der Waals surface area contributed by atoms with E-state index >= 15 is 0 Å². The molecular weight excluding hydrogens is 289 g/mol. The molecule has 0 aliphatic heterocycles. The average Bonchev–Trinajstić information content (AvgIpc) is 2.15. The fraction of sp³-hybridized carbons (Fsp3) is 0.0909. The Hall–Kier alpha value is -1.06. The predicted octanol–water partition coefficient (Wildman–Crippen LogP) is 2.94. The Kier molecular flexibility index (Phi) is 3.92. The lowest BCUT2D eigenvalue weighted by Gasteiger charge is -2.16. The average molecular weight is 299 g/mol. The number of carbonyl (C=O) groups excluding carboxylic acids is 1. The van der Waals surface area contributed by atoms with Crippen molar-refractivity contribution >= 4 is 34.2 Å². The molecule has 0 heterocycles. The molecule has 0 unspecified atom stereocenters. The standard InChI is InChI=1S/C11H10INO/c1-3-8-13(9(2)14)11-7-5-4-6-10(11)12/h4-8H,1H2,2H3. The van der Waals surface area contributed by atoms with Gasteiger partial charge < -0.3 is 0 Å². The van der Waals surface area contributed by atoms with Gasteiger partial charge in [0.2, 0.25) is 5.91 Å². The summed E-state index contributed by atoms with van der Waals surface area (Å²) in [6.07, 6.45) is 1.54. The van der Waals surface area contributed by atoms with Crippen molar-refractivity contribution in [2.45, 2.75) is 6.92 Å². The molecule has 0 N–H and O–H groups in total. The topological polar surface area (TPSA) is 20.3 Å². The second kappa shape index (κ2) is 4.98. The van der Waals surface area contributed by atoms with E-state index < -0.39 is 0 Å². The van der Waals surface area contributed by atoms with E-state index in [0.29, 0.717) is 0 Å². The molecule has 0 atom stereocenters. The van der Waals surface area contributed by atoms with Gasteiger partial charge in [0.05, 0.1) is 11.9 Å². The van der Waals surface area contributed by atoms with Gasteiger partial charge in [0.1, 0.15) is 0 Å². The van der Waals surface area contributed by atoms with E-state index in [0.717, 1.165) is 9.26 Å². The van der Waals surface area contributed by atoms with Crippen molar-refractivity contribution in [1.82, 2.24) is 0 Å². The highest BCUT2D eigenvalue weighted by Gasteiger charge is 2.10. The van der Waals surface area contributed by atoms with Gasteiger partial charge in [-0.25, -0.2) is 0 Å². The minimum Gasteiger partial charge on any atom is -0.280 e. The molecule has 0 saturated heterocycles. The van der Waals surface area contributed by atoms with E-state index in [9.17, 15) is 4.79 Å². The smallest absolute Gasteiger partial charge is 0.228 e. The zero-order valence-electron chi connectivity index (χ0n) is 7.83. The van der Waals surface area contributed by atoms with Gasteiger partial charge in [-0.2, -0.15) is 0 Å². The minimum absolute atomic E-state index is 0.0507. The van der Waals surface area contributed by atoms with Gasteiger partial charge in [-0.15, -0.1) is 5.73 Å². The number of hydrogen-bond donors (Lipinski definition) is 0. The number of anilines is 1. The van der Waals surface area contributed by atoms with Gasteiger partial charge in [0, 0.05) is 10.5 Å². The van der Waals surface area contributed by atoms with Crippen LogP contribution < -0.4 is 4.90 Å². The van der Waals surface area contributed by atoms with E-state index in [-0.39, 0.29) is 5.91 Å². The van der Waals surface area contributed by atoms with Crippen LogP contribution in [0.25, 0.3) is 0 Å². The summed E-state index contributed by atoms with van der Waals surface area (Å²) in [5.74, 6) is -0.0507. The number of benzene rings is 1. The lowest BCUT2D eigenvalue weighted by atomic mass is 10.3. The highest BCUT2D eigenvalue weighted by atomic mass is 127. The van der Waals surface area contributed by atoms with Crippen LogP contribution in [0.15, 0.2) is 42.8 Å². The number of para-hydroxylation sites is 1. The van der Waals surface area contributed by atoms with Gasteiger partial charge in [-0.3, -0.25) is 9.69 Å². The quantitative estimate of drug-likeness (QED) is 0.607. The van der Waals surface area contributed by atoms with E-state index in [1.54, 1.807) is 6.20 Å². The number of hydrogen-bond acceptors (Lipinski definition) is 1. The molecule has 0 aliphatic carbocycles. The third kappa shape index (κ3) is 2.47. The molecule has 0 aromatic heterocycles. The Bertz CT molecular complexity index is 392. The molecule has 0 spiro atoms. The van der Waals surface area contributed by atoms with Crippen LogP contribution in [0.1, 0.15) is 6.92 Å². The van der Waals surface area contributed by atoms with E-state index in [2.05, 4.69) is 34.9 Å². The summed E-state index contributed by atoms with van der Waals surface area (Å²) >= 11 is 2.19. The van der Waals surface area contributed by atoms with Crippen LogP contribution in [-0.4, -0.2) is 5.91 Å². The first-order chi connectivity index (χ1) is 6.66. The van der Waals surface area contributed by atoms with Crippen LogP contribution in [0.2, 0.25) is 0 Å². The van der Waals surface area contributed by atoms with Crippen molar-refractivity contribution in [3.05, 3.63) is 46.3 Å². The number of halogens is 1. The third-order valence-electron chi connectivity index (χ3n) is 1.67. The maximum Gasteiger partial charge on any atom is 0.228 e.